The molecule has 1 aromatic carbocycles. The van der Waals surface area contributed by atoms with Crippen LogP contribution >= 0.6 is 0 Å². The summed E-state index contributed by atoms with van der Waals surface area (Å²) in [4.78, 5) is 19.7. The molecule has 2 fully saturated rings. The minimum absolute atomic E-state index is 0.106. The van der Waals surface area contributed by atoms with Gasteiger partial charge >= 0.3 is 6.36 Å². The fourth-order valence-corrected chi connectivity index (χ4v) is 4.45. The molecule has 1 amide bonds. The highest BCUT2D eigenvalue weighted by Gasteiger charge is 2.52. The number of amides is 1. The topological polar surface area (TPSA) is 79.4 Å². The molecular weight excluding hydrogens is 493 g/mol. The molecule has 2 aromatic rings. The fraction of sp³-hybridized carbons (Fsp3) is 0.538. The number of hydrogen-bond donors (Lipinski definition) is 0. The first kappa shape index (κ1) is 27.2. The van der Waals surface area contributed by atoms with Gasteiger partial charge in [0.05, 0.1) is 25.5 Å². The van der Waals surface area contributed by atoms with Crippen molar-refractivity contribution >= 4 is 5.91 Å². The summed E-state index contributed by atoms with van der Waals surface area (Å²) in [5.41, 5.74) is 1.03. The SMILES string of the molecule is Cc1cc(C(=O)N2CC[C@]3(c4cccc(OCC(C)C)n4)OCO[C@@H]3C2)ccc1OCCOC(F)(F)F. The molecule has 4 rings (SSSR count). The van der Waals surface area contributed by atoms with Gasteiger partial charge in [0.25, 0.3) is 5.91 Å². The number of rotatable bonds is 9. The lowest BCUT2D eigenvalue weighted by atomic mass is 9.85. The van der Waals surface area contributed by atoms with Gasteiger partial charge in [0.2, 0.25) is 5.88 Å². The second-order valence-corrected chi connectivity index (χ2v) is 9.50. The third-order valence-corrected chi connectivity index (χ3v) is 6.28. The van der Waals surface area contributed by atoms with E-state index in [0.29, 0.717) is 54.8 Å². The minimum Gasteiger partial charge on any atom is -0.491 e. The maximum Gasteiger partial charge on any atom is 0.522 e. The van der Waals surface area contributed by atoms with E-state index in [4.69, 9.17) is 18.9 Å². The van der Waals surface area contributed by atoms with Crippen molar-refractivity contribution in [2.24, 2.45) is 5.92 Å². The number of carbonyl (C=O) groups is 1. The Hall–Kier alpha value is -2.89. The number of halogens is 3. The number of benzene rings is 1. The summed E-state index contributed by atoms with van der Waals surface area (Å²) >= 11 is 0. The van der Waals surface area contributed by atoms with Gasteiger partial charge in [-0.3, -0.25) is 9.53 Å². The summed E-state index contributed by atoms with van der Waals surface area (Å²) in [5.74, 6) is 1.10. The molecule has 0 bridgehead atoms. The number of ether oxygens (including phenoxy) is 5. The van der Waals surface area contributed by atoms with E-state index in [1.54, 1.807) is 30.0 Å². The van der Waals surface area contributed by atoms with Crippen molar-refractivity contribution in [3.63, 3.8) is 0 Å². The maximum atomic E-state index is 13.3. The third kappa shape index (κ3) is 6.52. The highest BCUT2D eigenvalue weighted by Crippen LogP contribution is 2.42. The Balaban J connectivity index is 1.40. The summed E-state index contributed by atoms with van der Waals surface area (Å²) in [5, 5.41) is 0. The number of fused-ring (bicyclic) bond motifs is 1. The van der Waals surface area contributed by atoms with Gasteiger partial charge in [0.1, 0.15) is 30.9 Å². The molecule has 11 heteroatoms. The van der Waals surface area contributed by atoms with Crippen molar-refractivity contribution in [3.8, 4) is 11.6 Å². The monoisotopic (exact) mass is 524 g/mol. The zero-order valence-corrected chi connectivity index (χ0v) is 21.0. The molecule has 0 radical (unpaired) electrons. The van der Waals surface area contributed by atoms with Crippen LogP contribution in [-0.4, -0.2) is 68.0 Å². The Morgan fingerprint density at radius 1 is 1.22 bits per heavy atom. The van der Waals surface area contributed by atoms with E-state index in [0.717, 1.165) is 5.69 Å². The lowest BCUT2D eigenvalue weighted by Gasteiger charge is -2.41. The van der Waals surface area contributed by atoms with Crippen LogP contribution in [0, 0.1) is 12.8 Å². The van der Waals surface area contributed by atoms with Crippen molar-refractivity contribution in [3.05, 3.63) is 53.2 Å². The number of pyridine rings is 1. The van der Waals surface area contributed by atoms with Crippen LogP contribution in [0.4, 0.5) is 13.2 Å². The van der Waals surface area contributed by atoms with Crippen LogP contribution in [0.3, 0.4) is 0 Å². The molecule has 0 aliphatic carbocycles. The first-order valence-electron chi connectivity index (χ1n) is 12.2. The van der Waals surface area contributed by atoms with Gasteiger partial charge in [-0.05, 0) is 42.7 Å². The Morgan fingerprint density at radius 2 is 2.03 bits per heavy atom. The van der Waals surface area contributed by atoms with Gasteiger partial charge < -0.3 is 23.8 Å². The minimum atomic E-state index is -4.70. The molecule has 0 unspecified atom stereocenters. The molecule has 8 nitrogen and oxygen atoms in total. The maximum absolute atomic E-state index is 13.3. The Kier molecular flexibility index (Phi) is 8.25. The molecule has 2 atom stereocenters. The molecule has 3 heterocycles. The fourth-order valence-electron chi connectivity index (χ4n) is 4.45. The predicted octanol–water partition coefficient (Wildman–Crippen LogP) is 4.45. The number of carbonyl (C=O) groups excluding carboxylic acids is 1. The van der Waals surface area contributed by atoms with Crippen LogP contribution in [0.2, 0.25) is 0 Å². The molecule has 37 heavy (non-hydrogen) atoms. The number of aromatic nitrogens is 1. The van der Waals surface area contributed by atoms with Gasteiger partial charge in [-0.15, -0.1) is 13.2 Å². The molecule has 2 saturated heterocycles. The van der Waals surface area contributed by atoms with Gasteiger partial charge in [-0.1, -0.05) is 19.9 Å². The normalized spacial score (nSPS) is 21.7. The van der Waals surface area contributed by atoms with Gasteiger partial charge in [0, 0.05) is 24.6 Å². The lowest BCUT2D eigenvalue weighted by molar-refractivity contribution is -0.325. The standard InChI is InChI=1S/C26H31F3N2O6/c1-17(2)15-34-23-6-4-5-21(30-23)25-9-10-31(14-22(25)35-16-37-25)24(32)19-7-8-20(18(3)13-19)33-11-12-36-26(27,28)29/h4-8,13,17,22H,9-12,14-16H2,1-3H3/t22-,25-/m1/s1. The highest BCUT2D eigenvalue weighted by molar-refractivity contribution is 5.94. The van der Waals surface area contributed by atoms with Crippen LogP contribution in [0.5, 0.6) is 11.6 Å². The Labute approximate surface area is 213 Å². The summed E-state index contributed by atoms with van der Waals surface area (Å²) in [7, 11) is 0. The number of alkyl halides is 3. The van der Waals surface area contributed by atoms with Crippen molar-refractivity contribution in [1.82, 2.24) is 9.88 Å². The molecule has 2 aliphatic rings. The largest absolute Gasteiger partial charge is 0.522 e. The molecule has 202 valence electrons. The highest BCUT2D eigenvalue weighted by atomic mass is 19.4. The molecule has 1 aromatic heterocycles. The second kappa shape index (κ2) is 11.2. The van der Waals surface area contributed by atoms with Crippen LogP contribution in [0.25, 0.3) is 0 Å². The quantitative estimate of drug-likeness (QED) is 0.449. The number of hydrogen-bond acceptors (Lipinski definition) is 7. The zero-order valence-electron chi connectivity index (χ0n) is 21.0. The van der Waals surface area contributed by atoms with Crippen LogP contribution in [-0.2, 0) is 19.8 Å². The smallest absolute Gasteiger partial charge is 0.491 e. The number of aryl methyl sites for hydroxylation is 1. The lowest BCUT2D eigenvalue weighted by Crippen LogP contribution is -2.53. The van der Waals surface area contributed by atoms with Gasteiger partial charge in [0.15, 0.2) is 0 Å². The summed E-state index contributed by atoms with van der Waals surface area (Å²) < 4.78 is 63.2. The molecule has 0 N–H and O–H groups in total. The first-order chi connectivity index (χ1) is 17.6. The van der Waals surface area contributed by atoms with Crippen molar-refractivity contribution in [2.75, 3.05) is 39.7 Å². The van der Waals surface area contributed by atoms with E-state index in [2.05, 4.69) is 23.6 Å². The first-order valence-corrected chi connectivity index (χ1v) is 12.2. The van der Waals surface area contributed by atoms with Crippen molar-refractivity contribution < 1.29 is 41.7 Å². The van der Waals surface area contributed by atoms with E-state index in [-0.39, 0.29) is 19.3 Å². The van der Waals surface area contributed by atoms with E-state index in [1.165, 1.54) is 0 Å². The van der Waals surface area contributed by atoms with E-state index >= 15 is 0 Å². The number of nitrogens with zero attached hydrogens (tertiary/aromatic N) is 2. The van der Waals surface area contributed by atoms with E-state index in [1.807, 2.05) is 18.2 Å². The molecule has 0 spiro atoms. The van der Waals surface area contributed by atoms with Gasteiger partial charge in [-0.25, -0.2) is 4.98 Å². The van der Waals surface area contributed by atoms with Gasteiger partial charge in [-0.2, -0.15) is 0 Å². The summed E-state index contributed by atoms with van der Waals surface area (Å²) in [6.07, 6.45) is -4.59. The third-order valence-electron chi connectivity index (χ3n) is 6.28. The van der Waals surface area contributed by atoms with Crippen LogP contribution in [0.15, 0.2) is 36.4 Å². The Morgan fingerprint density at radius 3 is 2.76 bits per heavy atom. The molecular formula is C26H31F3N2O6. The average molecular weight is 525 g/mol. The molecule has 2 aliphatic heterocycles. The summed E-state index contributed by atoms with van der Waals surface area (Å²) in [6, 6.07) is 10.4. The predicted molar refractivity (Wildman–Crippen MR) is 126 cm³/mol. The summed E-state index contributed by atoms with van der Waals surface area (Å²) in [6.45, 7) is 6.39. The number of likely N-dealkylation sites (tertiary alicyclic amines) is 1. The van der Waals surface area contributed by atoms with E-state index < -0.39 is 24.7 Å². The number of piperidine rings is 1. The second-order valence-electron chi connectivity index (χ2n) is 9.50. The van der Waals surface area contributed by atoms with Crippen molar-refractivity contribution in [1.29, 1.82) is 0 Å². The van der Waals surface area contributed by atoms with Crippen molar-refractivity contribution in [2.45, 2.75) is 45.3 Å². The Bertz CT molecular complexity index is 1100. The average Bonchev–Trinajstić information content (AvgIpc) is 3.30. The molecule has 0 saturated carbocycles. The van der Waals surface area contributed by atoms with Crippen LogP contribution in [0.1, 0.15) is 41.9 Å². The van der Waals surface area contributed by atoms with Crippen LogP contribution < -0.4 is 9.47 Å². The zero-order chi connectivity index (χ0) is 26.6. The van der Waals surface area contributed by atoms with E-state index in [9.17, 15) is 18.0 Å².